The molecule has 0 aliphatic carbocycles. The molecule has 17 heavy (non-hydrogen) atoms. The second-order valence-electron chi connectivity index (χ2n) is 4.22. The van der Waals surface area contributed by atoms with Gasteiger partial charge in [-0.15, -0.1) is 0 Å². The molecule has 92 valence electrons. The van der Waals surface area contributed by atoms with Crippen molar-refractivity contribution in [2.45, 2.75) is 27.2 Å². The minimum Gasteiger partial charge on any atom is -0.440 e. The molecule has 0 atom stereocenters. The fraction of sp³-hybridized carbons (Fsp3) is 0.462. The highest BCUT2D eigenvalue weighted by molar-refractivity contribution is 9.10. The van der Waals surface area contributed by atoms with Crippen LogP contribution in [-0.2, 0) is 11.2 Å². The minimum atomic E-state index is 0.630. The van der Waals surface area contributed by atoms with Crippen LogP contribution in [0.25, 0.3) is 11.1 Å². The Morgan fingerprint density at radius 2 is 1.88 bits per heavy atom. The SMILES string of the molecule is COCCc1nc2c(C)c(C)c(Br)c(C)c2o1. The van der Waals surface area contributed by atoms with Gasteiger partial charge < -0.3 is 9.15 Å². The number of aryl methyl sites for hydroxylation is 2. The van der Waals surface area contributed by atoms with Gasteiger partial charge in [-0.3, -0.25) is 0 Å². The number of aromatic nitrogens is 1. The van der Waals surface area contributed by atoms with Crippen molar-refractivity contribution in [3.05, 3.63) is 27.1 Å². The van der Waals surface area contributed by atoms with E-state index in [1.807, 2.05) is 6.92 Å². The first kappa shape index (κ1) is 12.6. The number of methoxy groups -OCH3 is 1. The summed E-state index contributed by atoms with van der Waals surface area (Å²) in [5.74, 6) is 0.741. The van der Waals surface area contributed by atoms with E-state index in [-0.39, 0.29) is 0 Å². The van der Waals surface area contributed by atoms with E-state index in [2.05, 4.69) is 34.8 Å². The third-order valence-electron chi connectivity index (χ3n) is 3.11. The number of hydrogen-bond donors (Lipinski definition) is 0. The predicted octanol–water partition coefficient (Wildman–Crippen LogP) is 3.70. The monoisotopic (exact) mass is 297 g/mol. The molecule has 0 amide bonds. The summed E-state index contributed by atoms with van der Waals surface area (Å²) < 4.78 is 11.9. The van der Waals surface area contributed by atoms with E-state index in [0.717, 1.165) is 27.0 Å². The number of fused-ring (bicyclic) bond motifs is 1. The Morgan fingerprint density at radius 1 is 1.18 bits per heavy atom. The Balaban J connectivity index is 2.60. The van der Waals surface area contributed by atoms with Crippen molar-refractivity contribution in [1.82, 2.24) is 4.98 Å². The van der Waals surface area contributed by atoms with Crippen LogP contribution in [0.3, 0.4) is 0 Å². The molecule has 2 aromatic rings. The highest BCUT2D eigenvalue weighted by Gasteiger charge is 2.15. The maximum atomic E-state index is 5.80. The van der Waals surface area contributed by atoms with Gasteiger partial charge in [-0.25, -0.2) is 4.98 Å². The Kier molecular flexibility index (Phi) is 3.54. The summed E-state index contributed by atoms with van der Waals surface area (Å²) in [5.41, 5.74) is 5.35. The summed E-state index contributed by atoms with van der Waals surface area (Å²) in [7, 11) is 1.68. The maximum absolute atomic E-state index is 5.80. The highest BCUT2D eigenvalue weighted by atomic mass is 79.9. The van der Waals surface area contributed by atoms with E-state index in [1.54, 1.807) is 7.11 Å². The largest absolute Gasteiger partial charge is 0.440 e. The van der Waals surface area contributed by atoms with Crippen molar-refractivity contribution in [3.63, 3.8) is 0 Å². The molecule has 0 spiro atoms. The molecular formula is C13H16BrNO2. The molecule has 0 N–H and O–H groups in total. The van der Waals surface area contributed by atoms with Crippen LogP contribution in [0.15, 0.2) is 8.89 Å². The van der Waals surface area contributed by atoms with Crippen molar-refractivity contribution >= 4 is 27.0 Å². The molecule has 1 aromatic heterocycles. The predicted molar refractivity (Wildman–Crippen MR) is 71.5 cm³/mol. The number of ether oxygens (including phenoxy) is 1. The van der Waals surface area contributed by atoms with Crippen LogP contribution in [0.1, 0.15) is 22.6 Å². The summed E-state index contributed by atoms with van der Waals surface area (Å²) in [6.45, 7) is 6.84. The van der Waals surface area contributed by atoms with Gasteiger partial charge in [0.05, 0.1) is 6.61 Å². The first-order valence-corrected chi connectivity index (χ1v) is 6.39. The summed E-state index contributed by atoms with van der Waals surface area (Å²) >= 11 is 3.60. The second kappa shape index (κ2) is 4.78. The zero-order valence-electron chi connectivity index (χ0n) is 10.6. The van der Waals surface area contributed by atoms with Crippen LogP contribution >= 0.6 is 15.9 Å². The lowest BCUT2D eigenvalue weighted by Crippen LogP contribution is -1.94. The fourth-order valence-corrected chi connectivity index (χ4v) is 2.37. The van der Waals surface area contributed by atoms with Crippen molar-refractivity contribution in [1.29, 1.82) is 0 Å². The van der Waals surface area contributed by atoms with Gasteiger partial charge in [0, 0.05) is 23.6 Å². The number of rotatable bonds is 3. The lowest BCUT2D eigenvalue weighted by Gasteiger charge is -2.06. The zero-order chi connectivity index (χ0) is 12.6. The van der Waals surface area contributed by atoms with Crippen LogP contribution < -0.4 is 0 Å². The maximum Gasteiger partial charge on any atom is 0.197 e. The second-order valence-corrected chi connectivity index (χ2v) is 5.01. The van der Waals surface area contributed by atoms with E-state index < -0.39 is 0 Å². The fourth-order valence-electron chi connectivity index (χ4n) is 1.89. The quantitative estimate of drug-likeness (QED) is 0.866. The molecule has 0 saturated carbocycles. The van der Waals surface area contributed by atoms with Gasteiger partial charge in [-0.1, -0.05) is 15.9 Å². The van der Waals surface area contributed by atoms with E-state index in [0.29, 0.717) is 13.0 Å². The number of nitrogens with zero attached hydrogens (tertiary/aromatic N) is 1. The number of halogens is 1. The van der Waals surface area contributed by atoms with Gasteiger partial charge in [0.2, 0.25) is 0 Å². The normalized spacial score (nSPS) is 11.4. The molecule has 0 bridgehead atoms. The standard InChI is InChI=1S/C13H16BrNO2/c1-7-8(2)12-13(9(3)11(7)14)17-10(15-12)5-6-16-4/h5-6H2,1-4H3. The molecule has 4 heteroatoms. The summed E-state index contributed by atoms with van der Waals surface area (Å²) in [4.78, 5) is 4.55. The third-order valence-corrected chi connectivity index (χ3v) is 4.30. The van der Waals surface area contributed by atoms with Gasteiger partial charge in [-0.05, 0) is 31.9 Å². The molecule has 1 heterocycles. The topological polar surface area (TPSA) is 35.3 Å². The number of benzene rings is 1. The molecule has 0 unspecified atom stereocenters. The molecule has 0 saturated heterocycles. The van der Waals surface area contributed by atoms with Crippen molar-refractivity contribution in [3.8, 4) is 0 Å². The van der Waals surface area contributed by atoms with Crippen LogP contribution in [-0.4, -0.2) is 18.7 Å². The van der Waals surface area contributed by atoms with Gasteiger partial charge in [-0.2, -0.15) is 0 Å². The average molecular weight is 298 g/mol. The molecular weight excluding hydrogens is 282 g/mol. The Bertz CT molecular complexity index is 515. The Labute approximate surface area is 109 Å². The summed E-state index contributed by atoms with van der Waals surface area (Å²) in [5, 5.41) is 0. The summed E-state index contributed by atoms with van der Waals surface area (Å²) in [6, 6.07) is 0. The summed E-state index contributed by atoms with van der Waals surface area (Å²) in [6.07, 6.45) is 0.709. The van der Waals surface area contributed by atoms with E-state index >= 15 is 0 Å². The van der Waals surface area contributed by atoms with E-state index in [9.17, 15) is 0 Å². The van der Waals surface area contributed by atoms with Crippen molar-refractivity contribution in [2.75, 3.05) is 13.7 Å². The first-order chi connectivity index (χ1) is 8.06. The Hall–Kier alpha value is -0.870. The molecule has 0 radical (unpaired) electrons. The van der Waals surface area contributed by atoms with Gasteiger partial charge >= 0.3 is 0 Å². The third kappa shape index (κ3) is 2.11. The van der Waals surface area contributed by atoms with Gasteiger partial charge in [0.15, 0.2) is 11.5 Å². The molecule has 0 fully saturated rings. The molecule has 3 nitrogen and oxygen atoms in total. The van der Waals surface area contributed by atoms with E-state index in [1.165, 1.54) is 11.1 Å². The molecule has 0 aliphatic rings. The first-order valence-electron chi connectivity index (χ1n) is 5.59. The number of hydrogen-bond acceptors (Lipinski definition) is 3. The lowest BCUT2D eigenvalue weighted by molar-refractivity contribution is 0.196. The van der Waals surface area contributed by atoms with Gasteiger partial charge in [0.25, 0.3) is 0 Å². The molecule has 0 aliphatic heterocycles. The molecule has 2 rings (SSSR count). The minimum absolute atomic E-state index is 0.630. The van der Waals surface area contributed by atoms with Crippen LogP contribution in [0.5, 0.6) is 0 Å². The van der Waals surface area contributed by atoms with Crippen molar-refractivity contribution < 1.29 is 9.15 Å². The zero-order valence-corrected chi connectivity index (χ0v) is 12.1. The van der Waals surface area contributed by atoms with Gasteiger partial charge in [0.1, 0.15) is 5.52 Å². The molecule has 1 aromatic carbocycles. The highest BCUT2D eigenvalue weighted by Crippen LogP contribution is 2.33. The average Bonchev–Trinajstić information content (AvgIpc) is 2.75. The van der Waals surface area contributed by atoms with Crippen LogP contribution in [0.4, 0.5) is 0 Å². The van der Waals surface area contributed by atoms with Crippen molar-refractivity contribution in [2.24, 2.45) is 0 Å². The number of oxazole rings is 1. The smallest absolute Gasteiger partial charge is 0.197 e. The van der Waals surface area contributed by atoms with E-state index in [4.69, 9.17) is 9.15 Å². The Morgan fingerprint density at radius 3 is 2.53 bits per heavy atom. The van der Waals surface area contributed by atoms with Crippen LogP contribution in [0.2, 0.25) is 0 Å². The lowest BCUT2D eigenvalue weighted by atomic mass is 10.1. The van der Waals surface area contributed by atoms with Crippen LogP contribution in [0, 0.1) is 20.8 Å².